The Hall–Kier alpha value is -2.31. The van der Waals surface area contributed by atoms with Gasteiger partial charge in [-0.1, -0.05) is 6.42 Å². The lowest BCUT2D eigenvalue weighted by molar-refractivity contribution is 0.0836. The number of amides is 1. The van der Waals surface area contributed by atoms with Crippen LogP contribution in [0.3, 0.4) is 0 Å². The Morgan fingerprint density at radius 3 is 2.81 bits per heavy atom. The number of piperidine rings is 1. The van der Waals surface area contributed by atoms with Crippen LogP contribution in [0.1, 0.15) is 29.8 Å². The van der Waals surface area contributed by atoms with Gasteiger partial charge in [-0.15, -0.1) is 0 Å². The maximum atomic E-state index is 12.3. The average Bonchev–Trinajstić information content (AvgIpc) is 3.18. The minimum Gasteiger partial charge on any atom is -0.497 e. The van der Waals surface area contributed by atoms with Gasteiger partial charge in [-0.3, -0.25) is 9.69 Å². The van der Waals surface area contributed by atoms with Gasteiger partial charge in [0, 0.05) is 24.7 Å². The van der Waals surface area contributed by atoms with E-state index in [4.69, 9.17) is 9.15 Å². The molecule has 0 bridgehead atoms. The Morgan fingerprint density at radius 1 is 1.27 bits per heavy atom. The predicted octanol–water partition coefficient (Wildman–Crippen LogP) is 2.53. The Morgan fingerprint density at radius 2 is 2.08 bits per heavy atom. The van der Waals surface area contributed by atoms with Crippen molar-refractivity contribution in [1.82, 2.24) is 10.2 Å². The summed E-state index contributed by atoms with van der Waals surface area (Å²) in [7, 11) is 1.62. The maximum Gasteiger partial charge on any atom is 0.287 e. The molecule has 0 spiro atoms. The number of rotatable bonds is 7. The minimum atomic E-state index is -0.220. The van der Waals surface area contributed by atoms with Gasteiger partial charge in [0.25, 0.3) is 5.91 Å². The molecule has 1 aromatic carbocycles. The number of likely N-dealkylation sites (tertiary alicyclic amines) is 1. The molecule has 1 atom stereocenters. The quantitative estimate of drug-likeness (QED) is 0.796. The van der Waals surface area contributed by atoms with Crippen molar-refractivity contribution in [2.24, 2.45) is 0 Å². The van der Waals surface area contributed by atoms with Gasteiger partial charge in [0.1, 0.15) is 11.5 Å². The summed E-state index contributed by atoms with van der Waals surface area (Å²) in [4.78, 5) is 14.5. The number of methoxy groups -OCH3 is 1. The highest BCUT2D eigenvalue weighted by Gasteiger charge is 2.21. The van der Waals surface area contributed by atoms with Crippen LogP contribution < -0.4 is 10.1 Å². The standard InChI is InChI=1S/C20H26N2O4/c1-25-17-7-5-15(6-8-17)18-9-10-19(26-18)20(24)21-11-13-22-12-3-2-4-16(22)14-23/h5-10,16,23H,2-4,11-14H2,1H3,(H,21,24). The molecule has 0 aliphatic carbocycles. The van der Waals surface area contributed by atoms with Crippen molar-refractivity contribution in [1.29, 1.82) is 0 Å². The van der Waals surface area contributed by atoms with Crippen molar-refractivity contribution >= 4 is 5.91 Å². The lowest BCUT2D eigenvalue weighted by Crippen LogP contribution is -2.45. The van der Waals surface area contributed by atoms with Crippen molar-refractivity contribution in [3.63, 3.8) is 0 Å². The molecule has 1 fully saturated rings. The van der Waals surface area contributed by atoms with E-state index in [1.807, 2.05) is 24.3 Å². The Kier molecular flexibility index (Phi) is 6.30. The number of nitrogens with zero attached hydrogens (tertiary/aromatic N) is 1. The van der Waals surface area contributed by atoms with E-state index in [0.717, 1.165) is 43.7 Å². The van der Waals surface area contributed by atoms with Crippen LogP contribution in [0.2, 0.25) is 0 Å². The molecular formula is C20H26N2O4. The molecule has 1 unspecified atom stereocenters. The SMILES string of the molecule is COc1ccc(-c2ccc(C(=O)NCCN3CCCCC3CO)o2)cc1. The molecule has 2 aromatic rings. The highest BCUT2D eigenvalue weighted by atomic mass is 16.5. The van der Waals surface area contributed by atoms with Gasteiger partial charge in [-0.2, -0.15) is 0 Å². The lowest BCUT2D eigenvalue weighted by Gasteiger charge is -2.34. The lowest BCUT2D eigenvalue weighted by atomic mass is 10.0. The van der Waals surface area contributed by atoms with E-state index < -0.39 is 0 Å². The molecule has 26 heavy (non-hydrogen) atoms. The molecule has 2 N–H and O–H groups in total. The summed E-state index contributed by atoms with van der Waals surface area (Å²) < 4.78 is 10.8. The topological polar surface area (TPSA) is 74.9 Å². The average molecular weight is 358 g/mol. The zero-order chi connectivity index (χ0) is 18.4. The molecular weight excluding hydrogens is 332 g/mol. The van der Waals surface area contributed by atoms with E-state index in [9.17, 15) is 9.90 Å². The third-order valence-corrected chi connectivity index (χ3v) is 4.85. The van der Waals surface area contributed by atoms with Crippen LogP contribution in [-0.4, -0.2) is 55.3 Å². The van der Waals surface area contributed by atoms with Gasteiger partial charge >= 0.3 is 0 Å². The highest BCUT2D eigenvalue weighted by molar-refractivity contribution is 5.92. The first-order valence-electron chi connectivity index (χ1n) is 9.08. The fourth-order valence-corrected chi connectivity index (χ4v) is 3.33. The first-order valence-corrected chi connectivity index (χ1v) is 9.08. The van der Waals surface area contributed by atoms with Crippen molar-refractivity contribution in [2.45, 2.75) is 25.3 Å². The zero-order valence-electron chi connectivity index (χ0n) is 15.1. The van der Waals surface area contributed by atoms with Crippen molar-refractivity contribution in [3.8, 4) is 17.1 Å². The number of ether oxygens (including phenoxy) is 1. The molecule has 1 aliphatic heterocycles. The number of carbonyl (C=O) groups is 1. The largest absolute Gasteiger partial charge is 0.497 e. The Labute approximate surface area is 153 Å². The third-order valence-electron chi connectivity index (χ3n) is 4.85. The van der Waals surface area contributed by atoms with Gasteiger partial charge in [-0.05, 0) is 55.8 Å². The summed E-state index contributed by atoms with van der Waals surface area (Å²) in [5, 5.41) is 12.3. The maximum absolute atomic E-state index is 12.3. The van der Waals surface area contributed by atoms with Crippen LogP contribution >= 0.6 is 0 Å². The second-order valence-electron chi connectivity index (χ2n) is 6.52. The number of benzene rings is 1. The second-order valence-corrected chi connectivity index (χ2v) is 6.52. The van der Waals surface area contributed by atoms with Crippen LogP contribution in [0.5, 0.6) is 5.75 Å². The Balaban J connectivity index is 1.52. The molecule has 0 saturated carbocycles. The molecule has 1 amide bonds. The van der Waals surface area contributed by atoms with Crippen LogP contribution in [0, 0.1) is 0 Å². The van der Waals surface area contributed by atoms with E-state index in [1.165, 1.54) is 0 Å². The monoisotopic (exact) mass is 358 g/mol. The molecule has 2 heterocycles. The number of furan rings is 1. The number of aliphatic hydroxyl groups excluding tert-OH is 1. The zero-order valence-corrected chi connectivity index (χ0v) is 15.1. The van der Waals surface area contributed by atoms with E-state index in [2.05, 4.69) is 10.2 Å². The molecule has 1 saturated heterocycles. The number of carbonyl (C=O) groups excluding carboxylic acids is 1. The van der Waals surface area contributed by atoms with Gasteiger partial charge in [0.05, 0.1) is 13.7 Å². The summed E-state index contributed by atoms with van der Waals surface area (Å²) >= 11 is 0. The highest BCUT2D eigenvalue weighted by Crippen LogP contribution is 2.24. The summed E-state index contributed by atoms with van der Waals surface area (Å²) in [6.07, 6.45) is 3.33. The fourth-order valence-electron chi connectivity index (χ4n) is 3.33. The third kappa shape index (κ3) is 4.45. The molecule has 1 aromatic heterocycles. The van der Waals surface area contributed by atoms with Gasteiger partial charge in [-0.25, -0.2) is 0 Å². The first kappa shape index (κ1) is 18.5. The van der Waals surface area contributed by atoms with E-state index in [1.54, 1.807) is 19.2 Å². The van der Waals surface area contributed by atoms with Crippen LogP contribution in [0.15, 0.2) is 40.8 Å². The summed E-state index contributed by atoms with van der Waals surface area (Å²) in [6, 6.07) is 11.2. The van der Waals surface area contributed by atoms with E-state index in [-0.39, 0.29) is 18.6 Å². The number of hydrogen-bond donors (Lipinski definition) is 2. The molecule has 0 radical (unpaired) electrons. The van der Waals surface area contributed by atoms with Crippen molar-refractivity contribution in [3.05, 3.63) is 42.2 Å². The van der Waals surface area contributed by atoms with Crippen LogP contribution in [0.4, 0.5) is 0 Å². The second kappa shape index (κ2) is 8.87. The number of aliphatic hydroxyl groups is 1. The molecule has 1 aliphatic rings. The molecule has 3 rings (SSSR count). The van der Waals surface area contributed by atoms with Gasteiger partial charge in [0.2, 0.25) is 0 Å². The normalized spacial score (nSPS) is 17.8. The molecule has 6 heteroatoms. The smallest absolute Gasteiger partial charge is 0.287 e. The fraction of sp³-hybridized carbons (Fsp3) is 0.450. The molecule has 6 nitrogen and oxygen atoms in total. The summed E-state index contributed by atoms with van der Waals surface area (Å²) in [6.45, 7) is 2.43. The van der Waals surface area contributed by atoms with E-state index >= 15 is 0 Å². The number of hydrogen-bond acceptors (Lipinski definition) is 5. The van der Waals surface area contributed by atoms with Gasteiger partial charge in [0.15, 0.2) is 5.76 Å². The Bertz CT molecular complexity index is 711. The summed E-state index contributed by atoms with van der Waals surface area (Å²) in [5.41, 5.74) is 0.893. The first-order chi connectivity index (χ1) is 12.7. The predicted molar refractivity (Wildman–Crippen MR) is 99.3 cm³/mol. The van der Waals surface area contributed by atoms with Crippen LogP contribution in [0.25, 0.3) is 11.3 Å². The van der Waals surface area contributed by atoms with Gasteiger partial charge < -0.3 is 19.6 Å². The van der Waals surface area contributed by atoms with Crippen molar-refractivity contribution < 1.29 is 19.1 Å². The van der Waals surface area contributed by atoms with Crippen LogP contribution in [-0.2, 0) is 0 Å². The summed E-state index contributed by atoms with van der Waals surface area (Å²) in [5.74, 6) is 1.50. The molecule has 140 valence electrons. The minimum absolute atomic E-state index is 0.178. The van der Waals surface area contributed by atoms with Crippen molar-refractivity contribution in [2.75, 3.05) is 33.4 Å². The van der Waals surface area contributed by atoms with E-state index in [0.29, 0.717) is 18.1 Å². The number of nitrogens with one attached hydrogen (secondary N) is 1.